The fourth-order valence-corrected chi connectivity index (χ4v) is 5.64. The van der Waals surface area contributed by atoms with Crippen LogP contribution in [0.25, 0.3) is 18.0 Å². The van der Waals surface area contributed by atoms with Crippen LogP contribution in [-0.2, 0) is 11.3 Å². The normalized spacial score (nSPS) is 15.6. The molecule has 0 radical (unpaired) electrons. The molecule has 1 fully saturated rings. The zero-order valence-electron chi connectivity index (χ0n) is 23.7. The van der Waals surface area contributed by atoms with Gasteiger partial charge in [-0.25, -0.2) is 4.39 Å². The minimum atomic E-state index is -0.420. The lowest BCUT2D eigenvalue weighted by Gasteiger charge is -2.32. The molecule has 0 unspecified atom stereocenters. The lowest BCUT2D eigenvalue weighted by Crippen LogP contribution is -2.39. The monoisotopic (exact) mass is 543 g/mol. The average molecular weight is 544 g/mol. The number of rotatable bonds is 7. The van der Waals surface area contributed by atoms with Crippen LogP contribution in [0.15, 0.2) is 48.7 Å². The molecule has 3 heterocycles. The van der Waals surface area contributed by atoms with Crippen LogP contribution in [0.4, 0.5) is 10.1 Å². The Balaban J connectivity index is 1.38. The quantitative estimate of drug-likeness (QED) is 0.478. The van der Waals surface area contributed by atoms with Crippen LogP contribution >= 0.6 is 0 Å². The fraction of sp³-hybridized carbons (Fsp3) is 0.375. The third kappa shape index (κ3) is 5.82. The van der Waals surface area contributed by atoms with Gasteiger partial charge in [-0.3, -0.25) is 14.5 Å². The standard InChI is InChI=1S/C32H38FN5O2/c1-21(2)36(4)32(40)28-17-25(33)7-10-30(28)38-20-29(27-11-14-34-18-31(27)38)24-12-15-37(16-13-24)19-23-5-8-26(9-6-23)35-22(3)39/h5-11,17-18,20-21,24,34H,12-16,19H2,1-4H3,(H,35,39). The second kappa shape index (κ2) is 11.7. The SMILES string of the molecule is CC(=O)Nc1ccc(CN2CCC(c3cn(-c4ccc(F)cc4C(=O)N(C)C(C)C)c4c3=CCNC=4)CC2)cc1. The molecule has 3 aromatic rings. The highest BCUT2D eigenvalue weighted by atomic mass is 19.1. The average Bonchev–Trinajstić information content (AvgIpc) is 3.33. The molecule has 40 heavy (non-hydrogen) atoms. The van der Waals surface area contributed by atoms with Crippen molar-refractivity contribution < 1.29 is 14.0 Å². The Morgan fingerprint density at radius 3 is 2.52 bits per heavy atom. The van der Waals surface area contributed by atoms with Gasteiger partial charge in [-0.1, -0.05) is 18.2 Å². The van der Waals surface area contributed by atoms with Crippen LogP contribution in [0, 0.1) is 5.82 Å². The molecule has 0 aliphatic carbocycles. The Morgan fingerprint density at radius 1 is 1.12 bits per heavy atom. The highest BCUT2D eigenvalue weighted by Gasteiger charge is 2.26. The highest BCUT2D eigenvalue weighted by Crippen LogP contribution is 2.28. The van der Waals surface area contributed by atoms with E-state index >= 15 is 0 Å². The summed E-state index contributed by atoms with van der Waals surface area (Å²) < 4.78 is 16.4. The number of likely N-dealkylation sites (tertiary alicyclic amines) is 1. The predicted octanol–water partition coefficient (Wildman–Crippen LogP) is 3.56. The van der Waals surface area contributed by atoms with Gasteiger partial charge < -0.3 is 20.1 Å². The third-order valence-electron chi connectivity index (χ3n) is 8.03. The van der Waals surface area contributed by atoms with Gasteiger partial charge in [-0.15, -0.1) is 0 Å². The van der Waals surface area contributed by atoms with E-state index in [1.165, 1.54) is 35.4 Å². The second-order valence-corrected chi connectivity index (χ2v) is 11.1. The molecule has 0 bridgehead atoms. The third-order valence-corrected chi connectivity index (χ3v) is 8.03. The minimum absolute atomic E-state index is 0.000326. The molecule has 2 N–H and O–H groups in total. The van der Waals surface area contributed by atoms with Gasteiger partial charge in [-0.05, 0) is 87.2 Å². The Bertz CT molecular complexity index is 1520. The summed E-state index contributed by atoms with van der Waals surface area (Å²) in [6.45, 7) is 9.01. The van der Waals surface area contributed by atoms with E-state index in [4.69, 9.17) is 0 Å². The van der Waals surface area contributed by atoms with Gasteiger partial charge in [0.05, 0.1) is 16.6 Å². The summed E-state index contributed by atoms with van der Waals surface area (Å²) in [5.74, 6) is -0.286. The van der Waals surface area contributed by atoms with Gasteiger partial charge in [0.25, 0.3) is 5.91 Å². The minimum Gasteiger partial charge on any atom is -0.386 e. The summed E-state index contributed by atoms with van der Waals surface area (Å²) >= 11 is 0. The fourth-order valence-electron chi connectivity index (χ4n) is 5.64. The summed E-state index contributed by atoms with van der Waals surface area (Å²) in [5, 5.41) is 8.33. The summed E-state index contributed by atoms with van der Waals surface area (Å²) in [4.78, 5) is 28.8. The summed E-state index contributed by atoms with van der Waals surface area (Å²) in [6.07, 6.45) is 8.45. The number of amides is 2. The van der Waals surface area contributed by atoms with Crippen LogP contribution in [0.1, 0.15) is 61.0 Å². The van der Waals surface area contributed by atoms with Gasteiger partial charge in [0.1, 0.15) is 5.82 Å². The smallest absolute Gasteiger partial charge is 0.256 e. The van der Waals surface area contributed by atoms with Crippen LogP contribution in [0.2, 0.25) is 0 Å². The number of benzene rings is 2. The molecule has 2 aliphatic heterocycles. The Hall–Kier alpha value is -3.91. The van der Waals surface area contributed by atoms with Crippen molar-refractivity contribution in [2.24, 2.45) is 0 Å². The Kier molecular flexibility index (Phi) is 8.07. The van der Waals surface area contributed by atoms with Crippen LogP contribution in [0.5, 0.6) is 0 Å². The van der Waals surface area contributed by atoms with Gasteiger partial charge in [-0.2, -0.15) is 0 Å². The molecule has 5 rings (SSSR count). The molecule has 2 amide bonds. The molecule has 8 heteroatoms. The lowest BCUT2D eigenvalue weighted by molar-refractivity contribution is -0.114. The first-order valence-corrected chi connectivity index (χ1v) is 14.0. The Labute approximate surface area is 235 Å². The molecule has 1 saturated heterocycles. The van der Waals surface area contributed by atoms with Gasteiger partial charge in [0.15, 0.2) is 0 Å². The number of hydrogen-bond donors (Lipinski definition) is 2. The zero-order chi connectivity index (χ0) is 28.4. The van der Waals surface area contributed by atoms with Gasteiger partial charge in [0, 0.05) is 56.4 Å². The van der Waals surface area contributed by atoms with E-state index in [0.717, 1.165) is 50.1 Å². The molecule has 7 nitrogen and oxygen atoms in total. The van der Waals surface area contributed by atoms with Crippen LogP contribution in [-0.4, -0.2) is 58.9 Å². The van der Waals surface area contributed by atoms with Crippen molar-refractivity contribution in [1.82, 2.24) is 19.7 Å². The topological polar surface area (TPSA) is 69.6 Å². The number of carbonyl (C=O) groups is 2. The number of hydrogen-bond acceptors (Lipinski definition) is 4. The van der Waals surface area contributed by atoms with E-state index in [9.17, 15) is 14.0 Å². The lowest BCUT2D eigenvalue weighted by atomic mass is 9.89. The number of nitrogens with zero attached hydrogens (tertiary/aromatic N) is 3. The molecule has 2 aliphatic rings. The first-order chi connectivity index (χ1) is 19.2. The molecule has 0 atom stereocenters. The number of halogens is 1. The number of aromatic nitrogens is 1. The van der Waals surface area contributed by atoms with E-state index in [1.807, 2.05) is 32.2 Å². The number of nitrogens with one attached hydrogen (secondary N) is 2. The predicted molar refractivity (Wildman–Crippen MR) is 157 cm³/mol. The highest BCUT2D eigenvalue weighted by molar-refractivity contribution is 5.98. The van der Waals surface area contributed by atoms with Crippen molar-refractivity contribution in [3.63, 3.8) is 0 Å². The van der Waals surface area contributed by atoms with Crippen molar-refractivity contribution in [1.29, 1.82) is 0 Å². The number of anilines is 1. The van der Waals surface area contributed by atoms with E-state index in [2.05, 4.69) is 44.5 Å². The maximum Gasteiger partial charge on any atom is 0.256 e. The van der Waals surface area contributed by atoms with Crippen molar-refractivity contribution in [2.75, 3.05) is 32.0 Å². The first-order valence-electron chi connectivity index (χ1n) is 14.0. The van der Waals surface area contributed by atoms with Crippen molar-refractivity contribution >= 4 is 29.8 Å². The van der Waals surface area contributed by atoms with Crippen molar-refractivity contribution in [3.8, 4) is 5.69 Å². The number of fused-ring (bicyclic) bond motifs is 1. The van der Waals surface area contributed by atoms with E-state index in [-0.39, 0.29) is 17.9 Å². The first kappa shape index (κ1) is 27.6. The molecule has 210 valence electrons. The summed E-state index contributed by atoms with van der Waals surface area (Å²) in [6, 6.07) is 12.5. The molecule has 0 spiro atoms. The zero-order valence-corrected chi connectivity index (χ0v) is 23.7. The molecular weight excluding hydrogens is 505 g/mol. The number of carbonyl (C=O) groups excluding carboxylic acids is 2. The number of piperidine rings is 1. The maximum atomic E-state index is 14.4. The van der Waals surface area contributed by atoms with Gasteiger partial charge in [0.2, 0.25) is 5.91 Å². The molecule has 1 aromatic heterocycles. The second-order valence-electron chi connectivity index (χ2n) is 11.1. The van der Waals surface area contributed by atoms with Gasteiger partial charge >= 0.3 is 0 Å². The van der Waals surface area contributed by atoms with E-state index in [0.29, 0.717) is 17.2 Å². The maximum absolute atomic E-state index is 14.4. The Morgan fingerprint density at radius 2 is 1.85 bits per heavy atom. The summed E-state index contributed by atoms with van der Waals surface area (Å²) in [7, 11) is 1.75. The van der Waals surface area contributed by atoms with E-state index in [1.54, 1.807) is 18.0 Å². The largest absolute Gasteiger partial charge is 0.386 e. The van der Waals surface area contributed by atoms with E-state index < -0.39 is 5.82 Å². The summed E-state index contributed by atoms with van der Waals surface area (Å²) in [5.41, 5.74) is 4.37. The van der Waals surface area contributed by atoms with Crippen LogP contribution in [0.3, 0.4) is 0 Å². The molecule has 0 saturated carbocycles. The van der Waals surface area contributed by atoms with Crippen molar-refractivity contribution in [2.45, 2.75) is 52.1 Å². The van der Waals surface area contributed by atoms with Crippen molar-refractivity contribution in [3.05, 3.63) is 81.7 Å². The molecular formula is C32H38FN5O2. The molecule has 2 aromatic carbocycles. The van der Waals surface area contributed by atoms with Crippen LogP contribution < -0.4 is 21.2 Å².